The van der Waals surface area contributed by atoms with Crippen molar-refractivity contribution in [3.8, 4) is 11.5 Å². The highest BCUT2D eigenvalue weighted by atomic mass is 16.6. The number of fused-ring (bicyclic) bond motifs is 1. The van der Waals surface area contributed by atoms with Crippen LogP contribution in [0.4, 0.5) is 0 Å². The minimum absolute atomic E-state index is 0.270. The summed E-state index contributed by atoms with van der Waals surface area (Å²) in [6, 6.07) is 6.53. The average molecular weight is 290 g/mol. The van der Waals surface area contributed by atoms with E-state index in [2.05, 4.69) is 24.0 Å². The van der Waals surface area contributed by atoms with Crippen LogP contribution < -0.4 is 15.2 Å². The number of hydrogen-bond acceptors (Lipinski definition) is 4. The Morgan fingerprint density at radius 1 is 1.24 bits per heavy atom. The molecule has 0 saturated heterocycles. The maximum absolute atomic E-state index is 6.08. The summed E-state index contributed by atoms with van der Waals surface area (Å²) in [5.74, 6) is 2.57. The predicted molar refractivity (Wildman–Crippen MR) is 83.8 cm³/mol. The fraction of sp³-hybridized carbons (Fsp3) is 0.647. The molecule has 1 aromatic carbocycles. The lowest BCUT2D eigenvalue weighted by Gasteiger charge is -2.36. The summed E-state index contributed by atoms with van der Waals surface area (Å²) in [6.07, 6.45) is 4.13. The van der Waals surface area contributed by atoms with Gasteiger partial charge in [-0.1, -0.05) is 19.4 Å². The highest BCUT2D eigenvalue weighted by molar-refractivity contribution is 5.44. The Labute approximate surface area is 127 Å². The predicted octanol–water partition coefficient (Wildman–Crippen LogP) is 2.58. The minimum Gasteiger partial charge on any atom is -0.486 e. The van der Waals surface area contributed by atoms with Crippen molar-refractivity contribution in [1.82, 2.24) is 4.90 Å². The van der Waals surface area contributed by atoms with Crippen LogP contribution in [-0.4, -0.2) is 37.7 Å². The molecule has 0 spiro atoms. The molecule has 1 aromatic rings. The second kappa shape index (κ2) is 6.67. The van der Waals surface area contributed by atoms with Gasteiger partial charge in [0.15, 0.2) is 11.5 Å². The highest BCUT2D eigenvalue weighted by Gasteiger charge is 2.25. The first-order valence-electron chi connectivity index (χ1n) is 8.15. The number of benzene rings is 1. The maximum atomic E-state index is 6.08. The van der Waals surface area contributed by atoms with Gasteiger partial charge in [0.25, 0.3) is 0 Å². The molecule has 4 heteroatoms. The molecular formula is C17H26N2O2. The zero-order valence-corrected chi connectivity index (χ0v) is 12.9. The zero-order chi connectivity index (χ0) is 14.7. The summed E-state index contributed by atoms with van der Waals surface area (Å²) in [6.45, 7) is 6.32. The Hall–Kier alpha value is -1.26. The van der Waals surface area contributed by atoms with Crippen molar-refractivity contribution in [3.63, 3.8) is 0 Å². The van der Waals surface area contributed by atoms with Gasteiger partial charge in [0.2, 0.25) is 0 Å². The van der Waals surface area contributed by atoms with Gasteiger partial charge in [-0.15, -0.1) is 0 Å². The lowest BCUT2D eigenvalue weighted by atomic mass is 9.84. The monoisotopic (exact) mass is 290 g/mol. The fourth-order valence-corrected chi connectivity index (χ4v) is 3.25. The average Bonchev–Trinajstić information content (AvgIpc) is 2.49. The molecule has 1 fully saturated rings. The Morgan fingerprint density at radius 3 is 2.62 bits per heavy atom. The molecule has 1 aliphatic carbocycles. The van der Waals surface area contributed by atoms with Crippen molar-refractivity contribution in [3.05, 3.63) is 23.8 Å². The fourth-order valence-electron chi connectivity index (χ4n) is 3.25. The molecule has 2 N–H and O–H groups in total. The molecule has 0 amide bonds. The lowest BCUT2D eigenvalue weighted by Crippen LogP contribution is -2.38. The highest BCUT2D eigenvalue weighted by Crippen LogP contribution is 2.35. The molecule has 21 heavy (non-hydrogen) atoms. The van der Waals surface area contributed by atoms with E-state index in [9.17, 15) is 0 Å². The summed E-state index contributed by atoms with van der Waals surface area (Å²) >= 11 is 0. The number of hydrogen-bond donors (Lipinski definition) is 1. The number of nitrogens with two attached hydrogens (primary N) is 1. The molecule has 1 aliphatic heterocycles. The van der Waals surface area contributed by atoms with Crippen LogP contribution in [-0.2, 0) is 0 Å². The van der Waals surface area contributed by atoms with E-state index in [0.717, 1.165) is 30.5 Å². The molecular weight excluding hydrogens is 264 g/mol. The van der Waals surface area contributed by atoms with Crippen molar-refractivity contribution in [2.24, 2.45) is 11.7 Å². The molecule has 2 aliphatic rings. The van der Waals surface area contributed by atoms with Crippen LogP contribution in [0.1, 0.15) is 37.8 Å². The van der Waals surface area contributed by atoms with Crippen molar-refractivity contribution >= 4 is 0 Å². The Kier molecular flexibility index (Phi) is 4.66. The van der Waals surface area contributed by atoms with E-state index in [4.69, 9.17) is 15.2 Å². The number of ether oxygens (including phenoxy) is 2. The molecule has 0 aromatic heterocycles. The van der Waals surface area contributed by atoms with Crippen LogP contribution in [0, 0.1) is 5.92 Å². The van der Waals surface area contributed by atoms with Crippen LogP contribution in [0.25, 0.3) is 0 Å². The van der Waals surface area contributed by atoms with E-state index in [1.54, 1.807) is 0 Å². The molecule has 0 bridgehead atoms. The van der Waals surface area contributed by atoms with E-state index in [1.165, 1.54) is 24.8 Å². The summed E-state index contributed by atoms with van der Waals surface area (Å²) in [7, 11) is 0. The molecule has 3 rings (SSSR count). The number of nitrogens with zero attached hydrogens (tertiary/aromatic N) is 1. The smallest absolute Gasteiger partial charge is 0.161 e. The van der Waals surface area contributed by atoms with E-state index >= 15 is 0 Å². The first-order chi connectivity index (χ1) is 10.3. The summed E-state index contributed by atoms with van der Waals surface area (Å²) < 4.78 is 11.3. The molecule has 4 nitrogen and oxygen atoms in total. The van der Waals surface area contributed by atoms with Gasteiger partial charge >= 0.3 is 0 Å². The Bertz CT molecular complexity index is 474. The van der Waals surface area contributed by atoms with E-state index in [1.807, 2.05) is 6.07 Å². The van der Waals surface area contributed by atoms with Gasteiger partial charge < -0.3 is 15.2 Å². The van der Waals surface area contributed by atoms with Crippen LogP contribution in [0.3, 0.4) is 0 Å². The lowest BCUT2D eigenvalue weighted by molar-refractivity contribution is 0.140. The standard InChI is InChI=1S/C17H26N2O2/c1-2-19(12-13-4-3-5-13)15(11-18)14-6-7-16-17(10-14)21-9-8-20-16/h6-7,10,13,15H,2-5,8-9,11-12,18H2,1H3. The van der Waals surface area contributed by atoms with Crippen molar-refractivity contribution in [2.45, 2.75) is 32.2 Å². The SMILES string of the molecule is CCN(CC1CCC1)C(CN)c1ccc2c(c1)OCCO2. The van der Waals surface area contributed by atoms with Gasteiger partial charge in [-0.05, 0) is 43.0 Å². The Morgan fingerprint density at radius 2 is 2.00 bits per heavy atom. The second-order valence-corrected chi connectivity index (χ2v) is 6.04. The summed E-state index contributed by atoms with van der Waals surface area (Å²) in [5.41, 5.74) is 7.32. The van der Waals surface area contributed by atoms with E-state index < -0.39 is 0 Å². The van der Waals surface area contributed by atoms with Crippen molar-refractivity contribution < 1.29 is 9.47 Å². The normalized spacial score (nSPS) is 19.4. The second-order valence-electron chi connectivity index (χ2n) is 6.04. The summed E-state index contributed by atoms with van der Waals surface area (Å²) in [4.78, 5) is 2.51. The van der Waals surface area contributed by atoms with Gasteiger partial charge in [0.1, 0.15) is 13.2 Å². The van der Waals surface area contributed by atoms with Crippen molar-refractivity contribution in [2.75, 3.05) is 32.8 Å². The van der Waals surface area contributed by atoms with E-state index in [-0.39, 0.29) is 6.04 Å². The van der Waals surface area contributed by atoms with Gasteiger partial charge in [0, 0.05) is 19.1 Å². The first kappa shape index (κ1) is 14.7. The van der Waals surface area contributed by atoms with Gasteiger partial charge in [-0.2, -0.15) is 0 Å². The van der Waals surface area contributed by atoms with Crippen LogP contribution in [0.15, 0.2) is 18.2 Å². The third kappa shape index (κ3) is 3.16. The van der Waals surface area contributed by atoms with Crippen LogP contribution >= 0.6 is 0 Å². The number of likely N-dealkylation sites (N-methyl/N-ethyl adjacent to an activating group) is 1. The summed E-state index contributed by atoms with van der Waals surface area (Å²) in [5, 5.41) is 0. The van der Waals surface area contributed by atoms with Gasteiger partial charge in [0.05, 0.1) is 0 Å². The van der Waals surface area contributed by atoms with Gasteiger partial charge in [-0.25, -0.2) is 0 Å². The largest absolute Gasteiger partial charge is 0.486 e. The maximum Gasteiger partial charge on any atom is 0.161 e. The van der Waals surface area contributed by atoms with Crippen LogP contribution in [0.5, 0.6) is 11.5 Å². The quantitative estimate of drug-likeness (QED) is 0.875. The number of rotatable bonds is 6. The molecule has 1 atom stereocenters. The van der Waals surface area contributed by atoms with E-state index in [0.29, 0.717) is 19.8 Å². The first-order valence-corrected chi connectivity index (χ1v) is 8.15. The molecule has 0 radical (unpaired) electrons. The third-order valence-corrected chi connectivity index (χ3v) is 4.74. The van der Waals surface area contributed by atoms with Crippen molar-refractivity contribution in [1.29, 1.82) is 0 Å². The molecule has 1 saturated carbocycles. The molecule has 1 unspecified atom stereocenters. The third-order valence-electron chi connectivity index (χ3n) is 4.74. The van der Waals surface area contributed by atoms with Gasteiger partial charge in [-0.3, -0.25) is 4.90 Å². The Balaban J connectivity index is 1.77. The molecule has 1 heterocycles. The minimum atomic E-state index is 0.270. The topological polar surface area (TPSA) is 47.7 Å². The molecule has 116 valence electrons. The zero-order valence-electron chi connectivity index (χ0n) is 12.9. The van der Waals surface area contributed by atoms with Crippen LogP contribution in [0.2, 0.25) is 0 Å².